The molecule has 0 bridgehead atoms. The zero-order chi connectivity index (χ0) is 29.4. The average Bonchev–Trinajstić information content (AvgIpc) is 3.36. The van der Waals surface area contributed by atoms with E-state index >= 15 is 8.78 Å². The Morgan fingerprint density at radius 2 is 1.67 bits per heavy atom. The van der Waals surface area contributed by atoms with Crippen molar-refractivity contribution < 1.29 is 28.2 Å². The number of H-pyrrole nitrogens is 1. The van der Waals surface area contributed by atoms with Crippen molar-refractivity contribution >= 4 is 17.0 Å². The lowest BCUT2D eigenvalue weighted by Crippen LogP contribution is -2.47. The van der Waals surface area contributed by atoms with Crippen molar-refractivity contribution in [3.05, 3.63) is 101 Å². The van der Waals surface area contributed by atoms with Gasteiger partial charge in [-0.05, 0) is 46.9 Å². The summed E-state index contributed by atoms with van der Waals surface area (Å²) in [5.41, 5.74) is 4.06. The molecule has 0 atom stereocenters. The molecule has 1 aliphatic rings. The van der Waals surface area contributed by atoms with Gasteiger partial charge in [-0.3, -0.25) is 4.90 Å². The topological polar surface area (TPSA) is 87.7 Å². The molecule has 1 saturated heterocycles. The number of ether oxygens (including phenoxy) is 2. The number of likely N-dealkylation sites (tertiary alicyclic amines) is 1. The van der Waals surface area contributed by atoms with Crippen LogP contribution < -0.4 is 4.74 Å². The summed E-state index contributed by atoms with van der Waals surface area (Å²) in [5, 5.41) is 9.35. The molecule has 0 amide bonds. The first-order chi connectivity index (χ1) is 20.3. The van der Waals surface area contributed by atoms with Crippen molar-refractivity contribution in [2.45, 2.75) is 13.5 Å². The highest BCUT2D eigenvalue weighted by molar-refractivity contribution is 5.90. The number of benzene rings is 4. The molecule has 1 fully saturated rings. The van der Waals surface area contributed by atoms with Crippen LogP contribution in [-0.2, 0) is 11.3 Å². The molecule has 7 nitrogen and oxygen atoms in total. The highest BCUT2D eigenvalue weighted by Gasteiger charge is 2.26. The van der Waals surface area contributed by atoms with E-state index in [-0.39, 0.29) is 33.9 Å². The molecule has 214 valence electrons. The van der Waals surface area contributed by atoms with Crippen molar-refractivity contribution in [1.82, 2.24) is 14.9 Å². The number of nitrogens with zero attached hydrogens (tertiary/aromatic N) is 2. The number of fused-ring (bicyclic) bond motifs is 1. The molecule has 42 heavy (non-hydrogen) atoms. The van der Waals surface area contributed by atoms with Gasteiger partial charge in [-0.2, -0.15) is 4.98 Å². The van der Waals surface area contributed by atoms with E-state index < -0.39 is 17.6 Å². The third-order valence-corrected chi connectivity index (χ3v) is 7.60. The Balaban J connectivity index is 1.19. The maximum Gasteiger partial charge on any atom is 0.336 e. The molecule has 0 aliphatic carbocycles. The van der Waals surface area contributed by atoms with Gasteiger partial charge in [-0.1, -0.05) is 54.6 Å². The Kier molecular flexibility index (Phi) is 7.45. The van der Waals surface area contributed by atoms with Gasteiger partial charge >= 0.3 is 5.97 Å². The summed E-state index contributed by atoms with van der Waals surface area (Å²) >= 11 is 0. The van der Waals surface area contributed by atoms with E-state index in [9.17, 15) is 9.90 Å². The first kappa shape index (κ1) is 27.6. The normalized spacial score (nSPS) is 13.8. The second-order valence-electron chi connectivity index (χ2n) is 10.7. The van der Waals surface area contributed by atoms with Crippen LogP contribution in [0.2, 0.25) is 0 Å². The quantitative estimate of drug-likeness (QED) is 0.198. The molecule has 0 saturated carbocycles. The molecule has 4 aromatic carbocycles. The lowest BCUT2D eigenvalue weighted by molar-refractivity contribution is 0.0293. The van der Waals surface area contributed by atoms with Gasteiger partial charge in [0.15, 0.2) is 5.82 Å². The first-order valence-electron chi connectivity index (χ1n) is 13.6. The van der Waals surface area contributed by atoms with Crippen LogP contribution in [0.15, 0.2) is 72.8 Å². The van der Waals surface area contributed by atoms with E-state index in [1.807, 2.05) is 12.1 Å². The van der Waals surface area contributed by atoms with Crippen molar-refractivity contribution in [3.8, 4) is 34.0 Å². The van der Waals surface area contributed by atoms with Gasteiger partial charge in [-0.25, -0.2) is 13.6 Å². The maximum atomic E-state index is 15.6. The molecule has 1 aromatic heterocycles. The van der Waals surface area contributed by atoms with E-state index in [2.05, 4.69) is 39.1 Å². The summed E-state index contributed by atoms with van der Waals surface area (Å²) in [7, 11) is 1.74. The van der Waals surface area contributed by atoms with Crippen LogP contribution in [0.1, 0.15) is 21.5 Å². The lowest BCUT2D eigenvalue weighted by atomic mass is 9.97. The Bertz CT molecular complexity index is 1760. The van der Waals surface area contributed by atoms with Crippen LogP contribution >= 0.6 is 0 Å². The standard InChI is InChI=1S/C33H29F2N3O4/c1-19-3-12-25(13-26(19)32(39)40)42-33-36-28-14-27(34)29(30(35)31(28)37-33)24-10-8-23(9-11-24)22-6-4-20(5-7-22)15-38-16-21(17-38)18-41-2/h3-14,21H,15-18H2,1-2H3,(H,36,37)(H,39,40). The summed E-state index contributed by atoms with van der Waals surface area (Å²) in [6, 6.07) is 21.0. The molecule has 0 spiro atoms. The van der Waals surface area contributed by atoms with Gasteiger partial charge in [0.05, 0.1) is 23.3 Å². The summed E-state index contributed by atoms with van der Waals surface area (Å²) in [5.74, 6) is -1.84. The number of imidazole rings is 1. The number of hydrogen-bond donors (Lipinski definition) is 2. The number of aromatic amines is 1. The minimum atomic E-state index is -1.10. The van der Waals surface area contributed by atoms with Gasteiger partial charge in [-0.15, -0.1) is 0 Å². The maximum absolute atomic E-state index is 15.6. The van der Waals surface area contributed by atoms with Crippen molar-refractivity contribution in [1.29, 1.82) is 0 Å². The van der Waals surface area contributed by atoms with E-state index in [0.29, 0.717) is 17.0 Å². The molecule has 0 unspecified atom stereocenters. The number of aromatic carboxylic acids is 1. The Labute approximate surface area is 241 Å². The first-order valence-corrected chi connectivity index (χ1v) is 13.6. The second-order valence-corrected chi connectivity index (χ2v) is 10.7. The number of methoxy groups -OCH3 is 1. The van der Waals surface area contributed by atoms with Gasteiger partial charge in [0.1, 0.15) is 17.1 Å². The van der Waals surface area contributed by atoms with Crippen LogP contribution in [0.4, 0.5) is 8.78 Å². The number of carboxylic acid groups (broad SMARTS) is 1. The number of aromatic nitrogens is 2. The minimum absolute atomic E-state index is 0.0746. The van der Waals surface area contributed by atoms with E-state index in [0.717, 1.165) is 37.4 Å². The average molecular weight is 570 g/mol. The SMILES string of the molecule is COCC1CN(Cc2ccc(-c3ccc(-c4c(F)cc5[nH]c(Oc6ccc(C)c(C(=O)O)c6)nc5c4F)cc3)cc2)C1. The minimum Gasteiger partial charge on any atom is -0.478 e. The zero-order valence-electron chi connectivity index (χ0n) is 23.2. The molecule has 9 heteroatoms. The number of hydrogen-bond acceptors (Lipinski definition) is 5. The summed E-state index contributed by atoms with van der Waals surface area (Å²) in [6.45, 7) is 5.46. The molecule has 5 aromatic rings. The molecule has 6 rings (SSSR count). The summed E-state index contributed by atoms with van der Waals surface area (Å²) in [6.07, 6.45) is 0. The van der Waals surface area contributed by atoms with Crippen LogP contribution in [0, 0.1) is 24.5 Å². The van der Waals surface area contributed by atoms with Crippen molar-refractivity contribution in [2.75, 3.05) is 26.8 Å². The third kappa shape index (κ3) is 5.48. The number of carboxylic acids is 1. The number of rotatable bonds is 9. The Morgan fingerprint density at radius 3 is 2.33 bits per heavy atom. The third-order valence-electron chi connectivity index (χ3n) is 7.60. The molecule has 2 heterocycles. The van der Waals surface area contributed by atoms with Gasteiger partial charge in [0, 0.05) is 38.7 Å². The lowest BCUT2D eigenvalue weighted by Gasteiger charge is -2.38. The molecule has 0 radical (unpaired) electrons. The number of nitrogens with one attached hydrogen (secondary N) is 1. The second kappa shape index (κ2) is 11.3. The fourth-order valence-corrected chi connectivity index (χ4v) is 5.41. The van der Waals surface area contributed by atoms with Crippen LogP contribution in [-0.4, -0.2) is 52.7 Å². The molecule has 2 N–H and O–H groups in total. The Morgan fingerprint density at radius 1 is 1.00 bits per heavy atom. The summed E-state index contributed by atoms with van der Waals surface area (Å²) in [4.78, 5) is 20.8. The highest BCUT2D eigenvalue weighted by Crippen LogP contribution is 2.34. The van der Waals surface area contributed by atoms with Crippen molar-refractivity contribution in [2.24, 2.45) is 5.92 Å². The van der Waals surface area contributed by atoms with Gasteiger partial charge in [0.2, 0.25) is 0 Å². The van der Waals surface area contributed by atoms with Crippen LogP contribution in [0.3, 0.4) is 0 Å². The zero-order valence-corrected chi connectivity index (χ0v) is 23.2. The monoisotopic (exact) mass is 569 g/mol. The largest absolute Gasteiger partial charge is 0.478 e. The van der Waals surface area contributed by atoms with Crippen LogP contribution in [0.25, 0.3) is 33.3 Å². The Hall–Kier alpha value is -4.60. The van der Waals surface area contributed by atoms with Crippen LogP contribution in [0.5, 0.6) is 11.8 Å². The number of carbonyl (C=O) groups is 1. The fourth-order valence-electron chi connectivity index (χ4n) is 5.41. The number of aryl methyl sites for hydroxylation is 1. The van der Waals surface area contributed by atoms with Gasteiger partial charge in [0.25, 0.3) is 6.01 Å². The summed E-state index contributed by atoms with van der Waals surface area (Å²) < 4.78 is 41.6. The van der Waals surface area contributed by atoms with E-state index in [1.165, 1.54) is 17.7 Å². The van der Waals surface area contributed by atoms with Gasteiger partial charge < -0.3 is 19.6 Å². The van der Waals surface area contributed by atoms with Crippen molar-refractivity contribution in [3.63, 3.8) is 0 Å². The highest BCUT2D eigenvalue weighted by atomic mass is 19.1. The fraction of sp³-hybridized carbons (Fsp3) is 0.212. The predicted octanol–water partition coefficient (Wildman–Crippen LogP) is 7.05. The van der Waals surface area contributed by atoms with E-state index in [4.69, 9.17) is 9.47 Å². The molecular formula is C33H29F2N3O4. The predicted molar refractivity (Wildman–Crippen MR) is 156 cm³/mol. The molecular weight excluding hydrogens is 540 g/mol. The van der Waals surface area contributed by atoms with E-state index in [1.54, 1.807) is 38.3 Å². The molecule has 1 aliphatic heterocycles. The smallest absolute Gasteiger partial charge is 0.336 e. The number of halogens is 2.